The van der Waals surface area contributed by atoms with Crippen molar-refractivity contribution in [3.63, 3.8) is 0 Å². The van der Waals surface area contributed by atoms with Gasteiger partial charge in [-0.15, -0.1) is 10.2 Å². The van der Waals surface area contributed by atoms with Gasteiger partial charge in [-0.1, -0.05) is 5.16 Å². The van der Waals surface area contributed by atoms with Gasteiger partial charge in [0, 0.05) is 12.1 Å². The number of rotatable bonds is 6. The molecule has 0 radical (unpaired) electrons. The van der Waals surface area contributed by atoms with Crippen molar-refractivity contribution < 1.29 is 18.4 Å². The molecule has 3 aromatic rings. The van der Waals surface area contributed by atoms with Gasteiger partial charge in [0.25, 0.3) is 0 Å². The molecule has 0 bridgehead atoms. The van der Waals surface area contributed by atoms with E-state index in [4.69, 9.17) is 18.4 Å². The fraction of sp³-hybridized carbons (Fsp3) is 0.294. The van der Waals surface area contributed by atoms with Crippen molar-refractivity contribution in [2.45, 2.75) is 20.8 Å². The van der Waals surface area contributed by atoms with Crippen LogP contribution >= 0.6 is 0 Å². The third-order valence-electron chi connectivity index (χ3n) is 3.26. The summed E-state index contributed by atoms with van der Waals surface area (Å²) in [7, 11) is 0. The standard InChI is InChI=1S/C17H17N3O5/c1-4-22-11-6-7-12-13(9-11)24-17(23-5-2)15(16(12)21)19-18-14-8-10(3)25-20-14/h6-9H,4-5H2,1-3H3/b19-18+. The Hall–Kier alpha value is -3.16. The predicted octanol–water partition coefficient (Wildman–Crippen LogP) is 4.30. The minimum absolute atomic E-state index is 0.00221. The molecule has 0 amide bonds. The summed E-state index contributed by atoms with van der Waals surface area (Å²) in [4.78, 5) is 12.7. The molecule has 0 aliphatic carbocycles. The Labute approximate surface area is 143 Å². The summed E-state index contributed by atoms with van der Waals surface area (Å²) in [6, 6.07) is 6.57. The van der Waals surface area contributed by atoms with Gasteiger partial charge in [-0.2, -0.15) is 0 Å². The average Bonchev–Trinajstić information content (AvgIpc) is 3.00. The van der Waals surface area contributed by atoms with Crippen LogP contribution < -0.4 is 14.9 Å². The molecule has 0 unspecified atom stereocenters. The first-order valence-corrected chi connectivity index (χ1v) is 7.84. The molecule has 0 N–H and O–H groups in total. The van der Waals surface area contributed by atoms with E-state index in [0.717, 1.165) is 0 Å². The van der Waals surface area contributed by atoms with Crippen LogP contribution in [0.2, 0.25) is 0 Å². The fourth-order valence-corrected chi connectivity index (χ4v) is 2.22. The molecule has 2 heterocycles. The van der Waals surface area contributed by atoms with E-state index in [1.54, 1.807) is 38.1 Å². The second-order valence-electron chi connectivity index (χ2n) is 5.09. The van der Waals surface area contributed by atoms with Crippen LogP contribution in [0.4, 0.5) is 11.5 Å². The highest BCUT2D eigenvalue weighted by atomic mass is 16.6. The highest BCUT2D eigenvalue weighted by Gasteiger charge is 2.16. The van der Waals surface area contributed by atoms with Gasteiger partial charge in [0.2, 0.25) is 16.9 Å². The topological polar surface area (TPSA) is 99.4 Å². The van der Waals surface area contributed by atoms with Gasteiger partial charge in [-0.3, -0.25) is 4.79 Å². The molecule has 0 saturated heterocycles. The lowest BCUT2D eigenvalue weighted by Crippen LogP contribution is -2.05. The van der Waals surface area contributed by atoms with Gasteiger partial charge >= 0.3 is 5.95 Å². The number of ether oxygens (including phenoxy) is 2. The van der Waals surface area contributed by atoms with Crippen LogP contribution in [-0.4, -0.2) is 18.4 Å². The average molecular weight is 343 g/mol. The maximum absolute atomic E-state index is 12.7. The van der Waals surface area contributed by atoms with Crippen molar-refractivity contribution in [1.29, 1.82) is 0 Å². The molecule has 130 valence electrons. The van der Waals surface area contributed by atoms with Gasteiger partial charge in [-0.05, 0) is 32.9 Å². The van der Waals surface area contributed by atoms with Gasteiger partial charge < -0.3 is 18.4 Å². The molecule has 0 fully saturated rings. The Balaban J connectivity index is 2.11. The molecule has 3 rings (SSSR count). The quantitative estimate of drug-likeness (QED) is 0.619. The van der Waals surface area contributed by atoms with Gasteiger partial charge in [0.1, 0.15) is 17.1 Å². The molecular weight excluding hydrogens is 326 g/mol. The first-order chi connectivity index (χ1) is 12.1. The van der Waals surface area contributed by atoms with Gasteiger partial charge in [-0.25, -0.2) is 0 Å². The van der Waals surface area contributed by atoms with Crippen LogP contribution in [0.5, 0.6) is 11.7 Å². The largest absolute Gasteiger partial charge is 0.494 e. The monoisotopic (exact) mass is 343 g/mol. The molecule has 8 nitrogen and oxygen atoms in total. The Morgan fingerprint density at radius 3 is 2.60 bits per heavy atom. The number of benzene rings is 1. The Bertz CT molecular complexity index is 974. The predicted molar refractivity (Wildman–Crippen MR) is 90.2 cm³/mol. The van der Waals surface area contributed by atoms with Crippen LogP contribution in [0.3, 0.4) is 0 Å². The Morgan fingerprint density at radius 1 is 1.12 bits per heavy atom. The van der Waals surface area contributed by atoms with Crippen LogP contribution in [0.25, 0.3) is 11.0 Å². The van der Waals surface area contributed by atoms with Crippen molar-refractivity contribution in [1.82, 2.24) is 5.16 Å². The summed E-state index contributed by atoms with van der Waals surface area (Å²) < 4.78 is 21.5. The zero-order valence-corrected chi connectivity index (χ0v) is 14.1. The molecule has 0 aliphatic rings. The number of nitrogens with zero attached hydrogens (tertiary/aromatic N) is 3. The van der Waals surface area contributed by atoms with E-state index in [1.165, 1.54) is 0 Å². The first-order valence-electron chi connectivity index (χ1n) is 7.84. The van der Waals surface area contributed by atoms with Crippen molar-refractivity contribution >= 4 is 22.5 Å². The summed E-state index contributed by atoms with van der Waals surface area (Å²) >= 11 is 0. The van der Waals surface area contributed by atoms with Crippen molar-refractivity contribution in [2.75, 3.05) is 13.2 Å². The highest BCUT2D eigenvalue weighted by molar-refractivity contribution is 5.81. The molecule has 1 aromatic carbocycles. The number of fused-ring (bicyclic) bond motifs is 1. The number of aromatic nitrogens is 1. The van der Waals surface area contributed by atoms with Gasteiger partial charge in [0.05, 0.1) is 18.6 Å². The minimum Gasteiger partial charge on any atom is -0.494 e. The molecule has 8 heteroatoms. The Kier molecular flexibility index (Phi) is 4.78. The lowest BCUT2D eigenvalue weighted by Gasteiger charge is -2.08. The van der Waals surface area contributed by atoms with Crippen molar-refractivity contribution in [3.8, 4) is 11.7 Å². The molecule has 0 atom stereocenters. The van der Waals surface area contributed by atoms with Crippen LogP contribution in [0.1, 0.15) is 19.6 Å². The third kappa shape index (κ3) is 3.52. The summed E-state index contributed by atoms with van der Waals surface area (Å²) in [5, 5.41) is 11.9. The minimum atomic E-state index is -0.350. The number of hydrogen-bond acceptors (Lipinski definition) is 8. The van der Waals surface area contributed by atoms with Crippen molar-refractivity contribution in [2.24, 2.45) is 10.2 Å². The van der Waals surface area contributed by atoms with E-state index in [2.05, 4.69) is 15.4 Å². The maximum atomic E-state index is 12.7. The Morgan fingerprint density at radius 2 is 1.92 bits per heavy atom. The SMILES string of the molecule is CCOc1ccc2c(=O)c(/N=N/c3cc(C)on3)c(OCC)oc2c1. The van der Waals surface area contributed by atoms with E-state index in [1.807, 2.05) is 6.92 Å². The molecule has 2 aromatic heterocycles. The van der Waals surface area contributed by atoms with E-state index in [0.29, 0.717) is 35.7 Å². The number of azo groups is 1. The van der Waals surface area contributed by atoms with E-state index < -0.39 is 0 Å². The normalized spacial score (nSPS) is 11.3. The molecule has 0 saturated carbocycles. The second-order valence-corrected chi connectivity index (χ2v) is 5.09. The van der Waals surface area contributed by atoms with E-state index in [-0.39, 0.29) is 22.9 Å². The number of hydrogen-bond donors (Lipinski definition) is 0. The van der Waals surface area contributed by atoms with Crippen molar-refractivity contribution in [3.05, 3.63) is 40.2 Å². The zero-order valence-electron chi connectivity index (χ0n) is 14.1. The highest BCUT2D eigenvalue weighted by Crippen LogP contribution is 2.31. The molecule has 25 heavy (non-hydrogen) atoms. The van der Waals surface area contributed by atoms with Crippen LogP contribution in [0, 0.1) is 6.92 Å². The number of aryl methyl sites for hydroxylation is 1. The summed E-state index contributed by atoms with van der Waals surface area (Å²) in [6.45, 7) is 6.21. The summed E-state index contributed by atoms with van der Waals surface area (Å²) in [5.74, 6) is 1.45. The lowest BCUT2D eigenvalue weighted by molar-refractivity contribution is 0.262. The smallest absolute Gasteiger partial charge is 0.317 e. The fourth-order valence-electron chi connectivity index (χ4n) is 2.22. The first kappa shape index (κ1) is 16.7. The van der Waals surface area contributed by atoms with Crippen LogP contribution in [0.15, 0.2) is 48.2 Å². The zero-order chi connectivity index (χ0) is 17.8. The maximum Gasteiger partial charge on any atom is 0.317 e. The van der Waals surface area contributed by atoms with Gasteiger partial charge in [0.15, 0.2) is 0 Å². The van der Waals surface area contributed by atoms with Crippen LogP contribution in [-0.2, 0) is 0 Å². The summed E-state index contributed by atoms with van der Waals surface area (Å²) in [5.41, 5.74) is -0.0218. The van der Waals surface area contributed by atoms with E-state index >= 15 is 0 Å². The molecular formula is C17H17N3O5. The second kappa shape index (κ2) is 7.16. The molecule has 0 spiro atoms. The molecule has 0 aliphatic heterocycles. The lowest BCUT2D eigenvalue weighted by atomic mass is 10.2. The summed E-state index contributed by atoms with van der Waals surface area (Å²) in [6.07, 6.45) is 0. The third-order valence-corrected chi connectivity index (χ3v) is 3.26. The van der Waals surface area contributed by atoms with E-state index in [9.17, 15) is 4.79 Å².